The van der Waals surface area contributed by atoms with Crippen molar-refractivity contribution in [3.63, 3.8) is 0 Å². The number of aromatic hydroxyl groups is 1. The van der Waals surface area contributed by atoms with Crippen LogP contribution in [-0.2, 0) is 0 Å². The van der Waals surface area contributed by atoms with Crippen LogP contribution < -0.4 is 10.5 Å². The largest absolute Gasteiger partial charge is 0.503 e. The van der Waals surface area contributed by atoms with Crippen molar-refractivity contribution < 1.29 is 9.84 Å². The van der Waals surface area contributed by atoms with Crippen molar-refractivity contribution in [3.05, 3.63) is 22.7 Å². The Balaban J connectivity index is 0.00000256. The van der Waals surface area contributed by atoms with Crippen molar-refractivity contribution >= 4 is 24.0 Å². The summed E-state index contributed by atoms with van der Waals surface area (Å²) in [6, 6.07) is 3.32. The minimum atomic E-state index is -0.100. The lowest BCUT2D eigenvalue weighted by Gasteiger charge is -2.20. The highest BCUT2D eigenvalue weighted by Crippen LogP contribution is 2.37. The number of phenolic OH excluding ortho intramolecular Hbond substituents is 1. The van der Waals surface area contributed by atoms with Crippen molar-refractivity contribution in [2.75, 3.05) is 7.11 Å². The fraction of sp³-hybridized carbons (Fsp3) is 0.500. The summed E-state index contributed by atoms with van der Waals surface area (Å²) in [5, 5.41) is 9.87. The molecule has 0 aliphatic rings. The van der Waals surface area contributed by atoms with E-state index in [0.29, 0.717) is 11.7 Å². The quantitative estimate of drug-likeness (QED) is 0.887. The van der Waals surface area contributed by atoms with Gasteiger partial charge >= 0.3 is 0 Å². The summed E-state index contributed by atoms with van der Waals surface area (Å²) in [6.45, 7) is 4.17. The van der Waals surface area contributed by atoms with Gasteiger partial charge in [0.2, 0.25) is 0 Å². The lowest BCUT2D eigenvalue weighted by atomic mass is 9.93. The molecule has 0 aliphatic heterocycles. The van der Waals surface area contributed by atoms with E-state index in [2.05, 4.69) is 13.8 Å². The van der Waals surface area contributed by atoms with Crippen LogP contribution in [0, 0.1) is 5.92 Å². The van der Waals surface area contributed by atoms with Crippen LogP contribution in [0.2, 0.25) is 5.02 Å². The van der Waals surface area contributed by atoms with Gasteiger partial charge < -0.3 is 15.6 Å². The normalized spacial score (nSPS) is 13.7. The van der Waals surface area contributed by atoms with Crippen molar-refractivity contribution in [1.82, 2.24) is 0 Å². The lowest BCUT2D eigenvalue weighted by molar-refractivity contribution is 0.371. The second-order valence-corrected chi connectivity index (χ2v) is 4.37. The Hall–Kier alpha value is -0.640. The summed E-state index contributed by atoms with van der Waals surface area (Å²) in [5.74, 6) is 0.677. The Morgan fingerprint density at radius 3 is 2.53 bits per heavy atom. The second kappa shape index (κ2) is 6.94. The third-order valence-corrected chi connectivity index (χ3v) is 3.20. The van der Waals surface area contributed by atoms with Gasteiger partial charge in [-0.2, -0.15) is 0 Å². The number of rotatable bonds is 4. The minimum absolute atomic E-state index is 0. The average molecular weight is 280 g/mol. The molecule has 98 valence electrons. The van der Waals surface area contributed by atoms with E-state index in [1.807, 2.05) is 0 Å². The van der Waals surface area contributed by atoms with E-state index in [4.69, 9.17) is 22.1 Å². The van der Waals surface area contributed by atoms with Crippen LogP contribution in [0.15, 0.2) is 12.1 Å². The van der Waals surface area contributed by atoms with Gasteiger partial charge in [-0.25, -0.2) is 0 Å². The zero-order valence-electron chi connectivity index (χ0n) is 10.2. The molecule has 1 aromatic rings. The van der Waals surface area contributed by atoms with Crippen LogP contribution in [-0.4, -0.2) is 12.2 Å². The molecule has 1 unspecified atom stereocenters. The molecule has 0 heterocycles. The number of halogens is 2. The van der Waals surface area contributed by atoms with Gasteiger partial charge in [-0.05, 0) is 23.6 Å². The van der Waals surface area contributed by atoms with Crippen molar-refractivity contribution in [2.24, 2.45) is 11.7 Å². The molecule has 0 amide bonds. The molecular weight excluding hydrogens is 261 g/mol. The molecule has 0 fully saturated rings. The Kier molecular flexibility index (Phi) is 6.68. The minimum Gasteiger partial charge on any atom is -0.503 e. The molecule has 0 radical (unpaired) electrons. The molecule has 0 bridgehead atoms. The van der Waals surface area contributed by atoms with E-state index in [9.17, 15) is 5.11 Å². The van der Waals surface area contributed by atoms with Crippen LogP contribution in [0.1, 0.15) is 31.9 Å². The van der Waals surface area contributed by atoms with Gasteiger partial charge in [-0.3, -0.25) is 0 Å². The molecule has 0 saturated carbocycles. The first-order chi connectivity index (χ1) is 7.51. The predicted molar refractivity (Wildman–Crippen MR) is 73.3 cm³/mol. The summed E-state index contributed by atoms with van der Waals surface area (Å²) < 4.78 is 5.04. The van der Waals surface area contributed by atoms with Gasteiger partial charge in [0, 0.05) is 6.04 Å². The first-order valence-electron chi connectivity index (χ1n) is 5.33. The Labute approximate surface area is 113 Å². The number of nitrogens with two attached hydrogens (primary N) is 1. The molecular formula is C12H19Cl2NO2. The molecule has 1 aromatic carbocycles. The number of hydrogen-bond donors (Lipinski definition) is 2. The van der Waals surface area contributed by atoms with Crippen molar-refractivity contribution in [2.45, 2.75) is 26.3 Å². The van der Waals surface area contributed by atoms with Gasteiger partial charge in [-0.1, -0.05) is 31.9 Å². The molecule has 3 N–H and O–H groups in total. The van der Waals surface area contributed by atoms with Crippen LogP contribution >= 0.6 is 24.0 Å². The fourth-order valence-electron chi connectivity index (χ4n) is 1.52. The molecule has 5 heteroatoms. The third-order valence-electron chi connectivity index (χ3n) is 2.91. The zero-order chi connectivity index (χ0) is 12.3. The maximum absolute atomic E-state index is 9.60. The SMILES string of the molecule is CCC(C)[C@@H](N)c1cc(Cl)c(O)c(OC)c1.Cl. The van der Waals surface area contributed by atoms with Gasteiger partial charge in [0.15, 0.2) is 11.5 Å². The van der Waals surface area contributed by atoms with Gasteiger partial charge in [-0.15, -0.1) is 12.4 Å². The van der Waals surface area contributed by atoms with Crippen LogP contribution in [0.25, 0.3) is 0 Å². The third kappa shape index (κ3) is 3.66. The van der Waals surface area contributed by atoms with Crippen LogP contribution in [0.3, 0.4) is 0 Å². The number of ether oxygens (including phenoxy) is 1. The number of hydrogen-bond acceptors (Lipinski definition) is 3. The second-order valence-electron chi connectivity index (χ2n) is 3.96. The van der Waals surface area contributed by atoms with E-state index in [1.54, 1.807) is 12.1 Å². The smallest absolute Gasteiger partial charge is 0.176 e. The summed E-state index contributed by atoms with van der Waals surface area (Å²) in [5.41, 5.74) is 6.98. The highest BCUT2D eigenvalue weighted by atomic mass is 35.5. The predicted octanol–water partition coefficient (Wildman–Crippen LogP) is 3.52. The van der Waals surface area contributed by atoms with E-state index in [-0.39, 0.29) is 29.2 Å². The summed E-state index contributed by atoms with van der Waals surface area (Å²) in [4.78, 5) is 0. The Morgan fingerprint density at radius 2 is 2.06 bits per heavy atom. The van der Waals surface area contributed by atoms with E-state index >= 15 is 0 Å². The Bertz CT molecular complexity index is 372. The monoisotopic (exact) mass is 279 g/mol. The van der Waals surface area contributed by atoms with Gasteiger partial charge in [0.05, 0.1) is 12.1 Å². The van der Waals surface area contributed by atoms with E-state index in [0.717, 1.165) is 12.0 Å². The van der Waals surface area contributed by atoms with E-state index < -0.39 is 0 Å². The molecule has 0 saturated heterocycles. The molecule has 1 rings (SSSR count). The molecule has 0 aromatic heterocycles. The summed E-state index contributed by atoms with van der Waals surface area (Å²) in [6.07, 6.45) is 0.988. The topological polar surface area (TPSA) is 55.5 Å². The average Bonchev–Trinajstić information content (AvgIpc) is 2.30. The molecule has 0 spiro atoms. The summed E-state index contributed by atoms with van der Waals surface area (Å²) >= 11 is 5.90. The molecule has 17 heavy (non-hydrogen) atoms. The molecule has 2 atom stereocenters. The van der Waals surface area contributed by atoms with Crippen molar-refractivity contribution in [1.29, 1.82) is 0 Å². The number of benzene rings is 1. The summed E-state index contributed by atoms with van der Waals surface area (Å²) in [7, 11) is 1.49. The van der Waals surface area contributed by atoms with Gasteiger partial charge in [0.1, 0.15) is 0 Å². The lowest BCUT2D eigenvalue weighted by Crippen LogP contribution is -2.18. The van der Waals surface area contributed by atoms with Crippen molar-refractivity contribution in [3.8, 4) is 11.5 Å². The zero-order valence-corrected chi connectivity index (χ0v) is 11.8. The van der Waals surface area contributed by atoms with E-state index in [1.165, 1.54) is 7.11 Å². The Morgan fingerprint density at radius 1 is 1.47 bits per heavy atom. The molecule has 3 nitrogen and oxygen atoms in total. The van der Waals surface area contributed by atoms with Gasteiger partial charge in [0.25, 0.3) is 0 Å². The van der Waals surface area contributed by atoms with Crippen LogP contribution in [0.5, 0.6) is 11.5 Å². The number of methoxy groups -OCH3 is 1. The highest BCUT2D eigenvalue weighted by Gasteiger charge is 2.17. The fourth-order valence-corrected chi connectivity index (χ4v) is 1.74. The maximum Gasteiger partial charge on any atom is 0.176 e. The molecule has 0 aliphatic carbocycles. The first-order valence-corrected chi connectivity index (χ1v) is 5.71. The maximum atomic E-state index is 9.60. The van der Waals surface area contributed by atoms with Crippen LogP contribution in [0.4, 0.5) is 0 Å². The highest BCUT2D eigenvalue weighted by molar-refractivity contribution is 6.32. The first kappa shape index (κ1) is 16.4. The number of phenols is 1. The standard InChI is InChI=1S/C12H18ClNO2.ClH/c1-4-7(2)11(14)8-5-9(13)12(15)10(6-8)16-3;/h5-7,11,15H,4,14H2,1-3H3;1H/t7?,11-;/m1./s1.